The topological polar surface area (TPSA) is 41.6 Å². The predicted octanol–water partition coefficient (Wildman–Crippen LogP) is 4.45. The van der Waals surface area contributed by atoms with Gasteiger partial charge in [-0.3, -0.25) is 9.69 Å². The van der Waals surface area contributed by atoms with Crippen LogP contribution >= 0.6 is 22.9 Å². The van der Waals surface area contributed by atoms with Gasteiger partial charge in [-0.2, -0.15) is 0 Å². The zero-order chi connectivity index (χ0) is 18.2. The number of nitrogens with one attached hydrogen (secondary N) is 1. The van der Waals surface area contributed by atoms with E-state index in [9.17, 15) is 4.79 Å². The molecule has 5 aliphatic rings. The molecule has 1 aromatic carbocycles. The number of carbonyl (C=O) groups is 1. The Hall–Kier alpha value is -1.30. The fourth-order valence-corrected chi connectivity index (χ4v) is 6.47. The summed E-state index contributed by atoms with van der Waals surface area (Å²) in [6.45, 7) is 2.42. The minimum absolute atomic E-state index is 0.0646. The van der Waals surface area contributed by atoms with Crippen LogP contribution in [0.4, 0.5) is 0 Å². The molecule has 1 amide bonds. The fraction of sp³-hybridized carbons (Fsp3) is 0.571. The third-order valence-electron chi connectivity index (χ3n) is 6.89. The van der Waals surface area contributed by atoms with Crippen LogP contribution in [0.25, 0.3) is 10.1 Å². The first-order chi connectivity index (χ1) is 13.1. The van der Waals surface area contributed by atoms with E-state index in [1.165, 1.54) is 50.1 Å². The molecule has 2 aliphatic carbocycles. The Morgan fingerprint density at radius 3 is 2.70 bits per heavy atom. The molecule has 0 radical (unpaired) electrons. The standard InChI is InChI=1S/C21H23ClN2O2S/c22-15-4-1-13-11-16(27-18(13)17(15)26-14-2-3-14)20(25)23-19-12-5-9-24(10-6-12)21(19)7-8-21/h1,4,11-12,14,19H,2-3,5-10H2,(H,23,25). The van der Waals surface area contributed by atoms with Gasteiger partial charge in [-0.05, 0) is 75.1 Å². The zero-order valence-electron chi connectivity index (χ0n) is 15.2. The molecule has 1 unspecified atom stereocenters. The van der Waals surface area contributed by atoms with Crippen LogP contribution in [0.2, 0.25) is 5.02 Å². The molecule has 4 heterocycles. The first-order valence-corrected chi connectivity index (χ1v) is 11.3. The number of amides is 1. The first kappa shape index (κ1) is 16.6. The molecule has 6 heteroatoms. The number of rotatable bonds is 4. The number of carbonyl (C=O) groups excluding carboxylic acids is 1. The third kappa shape index (κ3) is 2.62. The lowest BCUT2D eigenvalue weighted by molar-refractivity contribution is -0.00138. The summed E-state index contributed by atoms with van der Waals surface area (Å²) in [6, 6.07) is 6.17. The van der Waals surface area contributed by atoms with Crippen LogP contribution < -0.4 is 10.1 Å². The summed E-state index contributed by atoms with van der Waals surface area (Å²) >= 11 is 7.89. The number of hydrogen-bond donors (Lipinski definition) is 1. The molecular formula is C21H23ClN2O2S. The van der Waals surface area contributed by atoms with E-state index in [-0.39, 0.29) is 17.6 Å². The average Bonchev–Trinajstić information content (AvgIpc) is 3.60. The number of hydrogen-bond acceptors (Lipinski definition) is 4. The molecule has 4 nitrogen and oxygen atoms in total. The Balaban J connectivity index is 1.29. The highest BCUT2D eigenvalue weighted by Crippen LogP contribution is 2.53. The van der Waals surface area contributed by atoms with E-state index in [1.54, 1.807) is 0 Å². The van der Waals surface area contributed by atoms with Gasteiger partial charge in [-0.15, -0.1) is 11.3 Å². The van der Waals surface area contributed by atoms with Gasteiger partial charge in [0, 0.05) is 5.54 Å². The van der Waals surface area contributed by atoms with E-state index in [0.29, 0.717) is 17.0 Å². The predicted molar refractivity (Wildman–Crippen MR) is 108 cm³/mol. The van der Waals surface area contributed by atoms with Gasteiger partial charge in [0.1, 0.15) is 0 Å². The van der Waals surface area contributed by atoms with E-state index in [2.05, 4.69) is 10.2 Å². The van der Waals surface area contributed by atoms with Crippen LogP contribution in [0, 0.1) is 5.92 Å². The van der Waals surface area contributed by atoms with Crippen molar-refractivity contribution in [2.75, 3.05) is 13.1 Å². The van der Waals surface area contributed by atoms with Crippen molar-refractivity contribution < 1.29 is 9.53 Å². The molecule has 5 fully saturated rings. The molecular weight excluding hydrogens is 380 g/mol. The van der Waals surface area contributed by atoms with Crippen molar-refractivity contribution in [2.24, 2.45) is 5.92 Å². The zero-order valence-corrected chi connectivity index (χ0v) is 16.7. The maximum atomic E-state index is 13.1. The highest BCUT2D eigenvalue weighted by atomic mass is 35.5. The fourth-order valence-electron chi connectivity index (χ4n) is 5.16. The summed E-state index contributed by atoms with van der Waals surface area (Å²) in [5, 5.41) is 5.10. The summed E-state index contributed by atoms with van der Waals surface area (Å²) in [4.78, 5) is 16.5. The molecule has 2 bridgehead atoms. The molecule has 142 valence electrons. The quantitative estimate of drug-likeness (QED) is 0.821. The van der Waals surface area contributed by atoms with Gasteiger partial charge in [0.15, 0.2) is 5.75 Å². The molecule has 1 N–H and O–H groups in total. The molecule has 3 saturated heterocycles. The highest BCUT2D eigenvalue weighted by molar-refractivity contribution is 7.21. The molecule has 27 heavy (non-hydrogen) atoms. The summed E-state index contributed by atoms with van der Waals surface area (Å²) in [5.41, 5.74) is 0.261. The Bertz CT molecular complexity index is 926. The van der Waals surface area contributed by atoms with E-state index in [1.807, 2.05) is 18.2 Å². The van der Waals surface area contributed by atoms with E-state index in [4.69, 9.17) is 16.3 Å². The smallest absolute Gasteiger partial charge is 0.261 e. The van der Waals surface area contributed by atoms with Crippen LogP contribution in [-0.2, 0) is 0 Å². The van der Waals surface area contributed by atoms with Crippen molar-refractivity contribution in [1.29, 1.82) is 0 Å². The lowest BCUT2D eigenvalue weighted by Crippen LogP contribution is -2.65. The number of halogens is 1. The van der Waals surface area contributed by atoms with Crippen LogP contribution in [0.15, 0.2) is 18.2 Å². The molecule has 3 aliphatic heterocycles. The van der Waals surface area contributed by atoms with Gasteiger partial charge < -0.3 is 10.1 Å². The minimum atomic E-state index is 0.0646. The highest BCUT2D eigenvalue weighted by Gasteiger charge is 2.60. The minimum Gasteiger partial charge on any atom is -0.487 e. The molecule has 1 spiro atoms. The van der Waals surface area contributed by atoms with Gasteiger partial charge in [0.2, 0.25) is 0 Å². The van der Waals surface area contributed by atoms with Crippen molar-refractivity contribution in [3.05, 3.63) is 28.1 Å². The van der Waals surface area contributed by atoms with E-state index >= 15 is 0 Å². The summed E-state index contributed by atoms with van der Waals surface area (Å²) in [5.74, 6) is 1.45. The Morgan fingerprint density at radius 2 is 2.00 bits per heavy atom. The van der Waals surface area contributed by atoms with Crippen molar-refractivity contribution in [3.8, 4) is 5.75 Å². The van der Waals surface area contributed by atoms with Crippen molar-refractivity contribution in [3.63, 3.8) is 0 Å². The number of fused-ring (bicyclic) bond motifs is 3. The second-order valence-electron chi connectivity index (χ2n) is 8.60. The SMILES string of the molecule is O=C(NC1C2CCN(CC2)C12CC2)c1cc2ccc(Cl)c(OC3CC3)c2s1. The summed E-state index contributed by atoms with van der Waals surface area (Å²) < 4.78 is 7.03. The monoisotopic (exact) mass is 402 g/mol. The lowest BCUT2D eigenvalue weighted by Gasteiger charge is -2.52. The van der Waals surface area contributed by atoms with E-state index in [0.717, 1.165) is 33.6 Å². The molecule has 2 saturated carbocycles. The summed E-state index contributed by atoms with van der Waals surface area (Å²) in [7, 11) is 0. The largest absolute Gasteiger partial charge is 0.487 e. The van der Waals surface area contributed by atoms with Gasteiger partial charge >= 0.3 is 0 Å². The van der Waals surface area contributed by atoms with Crippen LogP contribution in [0.1, 0.15) is 48.2 Å². The Labute approximate surface area is 167 Å². The Morgan fingerprint density at radius 1 is 1.22 bits per heavy atom. The number of thiophene rings is 1. The number of ether oxygens (including phenoxy) is 1. The van der Waals surface area contributed by atoms with Gasteiger partial charge in [0.05, 0.1) is 26.7 Å². The maximum Gasteiger partial charge on any atom is 0.261 e. The van der Waals surface area contributed by atoms with E-state index < -0.39 is 0 Å². The maximum absolute atomic E-state index is 13.1. The number of benzene rings is 1. The average molecular weight is 403 g/mol. The number of nitrogens with zero attached hydrogens (tertiary/aromatic N) is 1. The molecule has 7 rings (SSSR count). The Kier molecular flexibility index (Phi) is 3.60. The second-order valence-corrected chi connectivity index (χ2v) is 10.1. The van der Waals surface area contributed by atoms with Crippen molar-refractivity contribution >= 4 is 38.9 Å². The van der Waals surface area contributed by atoms with Gasteiger partial charge in [-0.25, -0.2) is 0 Å². The van der Waals surface area contributed by atoms with Crippen LogP contribution in [0.3, 0.4) is 0 Å². The number of piperidine rings is 3. The molecule has 1 atom stereocenters. The molecule has 2 aromatic rings. The summed E-state index contributed by atoms with van der Waals surface area (Å²) in [6.07, 6.45) is 7.36. The van der Waals surface area contributed by atoms with Crippen molar-refractivity contribution in [1.82, 2.24) is 10.2 Å². The second kappa shape index (κ2) is 5.85. The first-order valence-electron chi connectivity index (χ1n) is 10.1. The van der Waals surface area contributed by atoms with Gasteiger partial charge in [-0.1, -0.05) is 17.7 Å². The third-order valence-corrected chi connectivity index (χ3v) is 8.34. The lowest BCUT2D eigenvalue weighted by atomic mass is 9.77. The van der Waals surface area contributed by atoms with Gasteiger partial charge in [0.25, 0.3) is 5.91 Å². The van der Waals surface area contributed by atoms with Crippen molar-refractivity contribution in [2.45, 2.75) is 56.2 Å². The van der Waals surface area contributed by atoms with Crippen LogP contribution in [0.5, 0.6) is 5.75 Å². The molecule has 1 aromatic heterocycles. The normalized spacial score (nSPS) is 30.6. The van der Waals surface area contributed by atoms with Crippen LogP contribution in [-0.4, -0.2) is 41.6 Å².